The van der Waals surface area contributed by atoms with E-state index in [-0.39, 0.29) is 29.1 Å². The first-order valence-electron chi connectivity index (χ1n) is 9.20. The van der Waals surface area contributed by atoms with Crippen LogP contribution in [-0.4, -0.2) is 37.4 Å². The van der Waals surface area contributed by atoms with E-state index in [0.717, 1.165) is 5.56 Å². The lowest BCUT2D eigenvalue weighted by atomic mass is 9.98. The van der Waals surface area contributed by atoms with Crippen LogP contribution in [0.2, 0.25) is 0 Å². The summed E-state index contributed by atoms with van der Waals surface area (Å²) in [5.41, 5.74) is 2.84. The van der Waals surface area contributed by atoms with Gasteiger partial charge in [0.05, 0.1) is 5.56 Å². The van der Waals surface area contributed by atoms with Crippen LogP contribution in [0.15, 0.2) is 36.4 Å². The highest BCUT2D eigenvalue weighted by Crippen LogP contribution is 2.38. The second-order valence-electron chi connectivity index (χ2n) is 6.96. The quantitative estimate of drug-likeness (QED) is 0.629. The summed E-state index contributed by atoms with van der Waals surface area (Å²) in [6.45, 7) is 8.15. The van der Waals surface area contributed by atoms with Crippen molar-refractivity contribution >= 4 is 5.91 Å². The fourth-order valence-corrected chi connectivity index (χ4v) is 3.02. The van der Waals surface area contributed by atoms with E-state index in [1.807, 2.05) is 52.0 Å². The van der Waals surface area contributed by atoms with E-state index in [1.54, 1.807) is 10.6 Å². The van der Waals surface area contributed by atoms with Crippen LogP contribution in [0.25, 0.3) is 17.1 Å². The van der Waals surface area contributed by atoms with E-state index in [1.165, 1.54) is 6.07 Å². The molecule has 3 rings (SSSR count). The zero-order chi connectivity index (χ0) is 20.4. The van der Waals surface area contributed by atoms with Gasteiger partial charge in [-0.15, -0.1) is 10.2 Å². The number of nitrogens with one attached hydrogen (secondary N) is 1. The lowest BCUT2D eigenvalue weighted by molar-refractivity contribution is 0.0943. The largest absolute Gasteiger partial charge is 0.508 e. The van der Waals surface area contributed by atoms with E-state index in [0.29, 0.717) is 29.2 Å². The maximum absolute atomic E-state index is 12.5. The third kappa shape index (κ3) is 3.55. The highest BCUT2D eigenvalue weighted by molar-refractivity contribution is 5.92. The summed E-state index contributed by atoms with van der Waals surface area (Å²) in [6, 6.07) is 10.6. The number of carbonyl (C=O) groups excluding carboxylic acids is 1. The molecule has 0 atom stereocenters. The van der Waals surface area contributed by atoms with Crippen molar-refractivity contribution in [2.24, 2.45) is 0 Å². The van der Waals surface area contributed by atoms with Crippen molar-refractivity contribution in [2.75, 3.05) is 6.54 Å². The maximum Gasteiger partial charge on any atom is 0.289 e. The molecular weight excluding hydrogens is 356 g/mol. The molecule has 0 unspecified atom stereocenters. The number of carbonyl (C=O) groups is 1. The second kappa shape index (κ2) is 7.72. The number of aryl methyl sites for hydroxylation is 1. The third-order valence-corrected chi connectivity index (χ3v) is 4.50. The number of amides is 1. The van der Waals surface area contributed by atoms with Gasteiger partial charge in [0, 0.05) is 18.3 Å². The molecular formula is C21H24N4O3. The number of phenolic OH excluding ortho intramolecular Hbond substituents is 2. The van der Waals surface area contributed by atoms with Crippen LogP contribution in [0.3, 0.4) is 0 Å². The van der Waals surface area contributed by atoms with Crippen LogP contribution >= 0.6 is 0 Å². The lowest BCUT2D eigenvalue weighted by Crippen LogP contribution is -2.26. The summed E-state index contributed by atoms with van der Waals surface area (Å²) < 4.78 is 1.61. The Kier molecular flexibility index (Phi) is 5.35. The normalized spacial score (nSPS) is 11.0. The van der Waals surface area contributed by atoms with Crippen molar-refractivity contribution in [3.05, 3.63) is 53.3 Å². The number of benzene rings is 2. The SMILES string of the molecule is CCNC(=O)c1nnc(-c2cc(C(C)C)c(O)cc2O)n1-c1ccc(C)cc1. The first-order valence-corrected chi connectivity index (χ1v) is 9.20. The Balaban J connectivity index is 2.26. The minimum Gasteiger partial charge on any atom is -0.508 e. The molecule has 0 bridgehead atoms. The summed E-state index contributed by atoms with van der Waals surface area (Å²) in [5, 5.41) is 31.6. The third-order valence-electron chi connectivity index (χ3n) is 4.50. The zero-order valence-corrected chi connectivity index (χ0v) is 16.4. The van der Waals surface area contributed by atoms with Crippen LogP contribution in [0, 0.1) is 6.92 Å². The number of aromatic nitrogens is 3. The fraction of sp³-hybridized carbons (Fsp3) is 0.286. The van der Waals surface area contributed by atoms with Crippen molar-refractivity contribution in [1.29, 1.82) is 0 Å². The number of hydrogen-bond acceptors (Lipinski definition) is 5. The van der Waals surface area contributed by atoms with Gasteiger partial charge in [-0.25, -0.2) is 0 Å². The van der Waals surface area contributed by atoms with Gasteiger partial charge in [-0.05, 0) is 43.5 Å². The minimum atomic E-state index is -0.357. The molecule has 3 N–H and O–H groups in total. The predicted molar refractivity (Wildman–Crippen MR) is 107 cm³/mol. The van der Waals surface area contributed by atoms with E-state index < -0.39 is 0 Å². The summed E-state index contributed by atoms with van der Waals surface area (Å²) in [4.78, 5) is 12.5. The fourth-order valence-electron chi connectivity index (χ4n) is 3.02. The average molecular weight is 380 g/mol. The summed E-state index contributed by atoms with van der Waals surface area (Å²) in [5.74, 6) is 0.0117. The number of aromatic hydroxyl groups is 2. The van der Waals surface area contributed by atoms with E-state index in [2.05, 4.69) is 15.5 Å². The lowest BCUT2D eigenvalue weighted by Gasteiger charge is -2.14. The van der Waals surface area contributed by atoms with Crippen LogP contribution in [0.1, 0.15) is 48.4 Å². The molecule has 1 aromatic heterocycles. The molecule has 7 nitrogen and oxygen atoms in total. The molecule has 0 aliphatic rings. The van der Waals surface area contributed by atoms with Crippen LogP contribution < -0.4 is 5.32 Å². The van der Waals surface area contributed by atoms with Crippen molar-refractivity contribution in [2.45, 2.75) is 33.6 Å². The van der Waals surface area contributed by atoms with Gasteiger partial charge < -0.3 is 15.5 Å². The Bertz CT molecular complexity index is 1010. The average Bonchev–Trinajstić information content (AvgIpc) is 3.07. The highest BCUT2D eigenvalue weighted by Gasteiger charge is 2.24. The summed E-state index contributed by atoms with van der Waals surface area (Å²) >= 11 is 0. The van der Waals surface area contributed by atoms with Crippen molar-refractivity contribution < 1.29 is 15.0 Å². The van der Waals surface area contributed by atoms with Crippen molar-refractivity contribution in [3.8, 4) is 28.6 Å². The number of phenols is 2. The number of nitrogens with zero attached hydrogens (tertiary/aromatic N) is 3. The molecule has 146 valence electrons. The molecule has 0 saturated heterocycles. The Morgan fingerprint density at radius 3 is 2.39 bits per heavy atom. The molecule has 0 radical (unpaired) electrons. The van der Waals surface area contributed by atoms with Gasteiger partial charge in [-0.2, -0.15) is 0 Å². The van der Waals surface area contributed by atoms with Gasteiger partial charge in [-0.3, -0.25) is 9.36 Å². The van der Waals surface area contributed by atoms with Crippen LogP contribution in [-0.2, 0) is 0 Å². The minimum absolute atomic E-state index is 0.0154. The molecule has 0 aliphatic heterocycles. The molecule has 2 aromatic carbocycles. The van der Waals surface area contributed by atoms with Crippen molar-refractivity contribution in [1.82, 2.24) is 20.1 Å². The Labute approximate surface area is 163 Å². The molecule has 28 heavy (non-hydrogen) atoms. The molecule has 7 heteroatoms. The van der Waals surface area contributed by atoms with Gasteiger partial charge in [-0.1, -0.05) is 31.5 Å². The molecule has 1 amide bonds. The van der Waals surface area contributed by atoms with Crippen molar-refractivity contribution in [3.63, 3.8) is 0 Å². The molecule has 0 fully saturated rings. The van der Waals surface area contributed by atoms with Gasteiger partial charge in [0.2, 0.25) is 5.82 Å². The van der Waals surface area contributed by atoms with E-state index >= 15 is 0 Å². The molecule has 0 aliphatic carbocycles. The Hall–Kier alpha value is -3.35. The summed E-state index contributed by atoms with van der Waals surface area (Å²) in [7, 11) is 0. The molecule has 1 heterocycles. The maximum atomic E-state index is 12.5. The monoisotopic (exact) mass is 380 g/mol. The summed E-state index contributed by atoms with van der Waals surface area (Å²) in [6.07, 6.45) is 0. The predicted octanol–water partition coefficient (Wildman–Crippen LogP) is 3.53. The molecule has 0 spiro atoms. The molecule has 0 saturated carbocycles. The first-order chi connectivity index (χ1) is 13.3. The topological polar surface area (TPSA) is 100 Å². The van der Waals surface area contributed by atoms with Gasteiger partial charge in [0.1, 0.15) is 11.5 Å². The van der Waals surface area contributed by atoms with Gasteiger partial charge in [0.15, 0.2) is 5.82 Å². The zero-order valence-electron chi connectivity index (χ0n) is 16.4. The number of hydrogen-bond donors (Lipinski definition) is 3. The first kappa shape index (κ1) is 19.4. The smallest absolute Gasteiger partial charge is 0.289 e. The van der Waals surface area contributed by atoms with Gasteiger partial charge >= 0.3 is 0 Å². The molecule has 3 aromatic rings. The van der Waals surface area contributed by atoms with Crippen LogP contribution in [0.4, 0.5) is 0 Å². The standard InChI is InChI=1S/C21H24N4O3/c1-5-22-21(28)20-24-23-19(25(20)14-8-6-13(4)7-9-14)16-10-15(12(2)3)17(26)11-18(16)27/h6-12,26-27H,5H2,1-4H3,(H,22,28). The second-order valence-corrected chi connectivity index (χ2v) is 6.96. The Morgan fingerprint density at radius 2 is 1.79 bits per heavy atom. The number of rotatable bonds is 5. The highest BCUT2D eigenvalue weighted by atomic mass is 16.3. The van der Waals surface area contributed by atoms with E-state index in [4.69, 9.17) is 0 Å². The Morgan fingerprint density at radius 1 is 1.11 bits per heavy atom. The van der Waals surface area contributed by atoms with E-state index in [9.17, 15) is 15.0 Å². The van der Waals surface area contributed by atoms with Crippen LogP contribution in [0.5, 0.6) is 11.5 Å². The van der Waals surface area contributed by atoms with Gasteiger partial charge in [0.25, 0.3) is 5.91 Å².